The molecule has 1 aliphatic rings. The number of piperidine rings is 1. The van der Waals surface area contributed by atoms with Gasteiger partial charge in [0.05, 0.1) is 16.4 Å². The molecule has 6 nitrogen and oxygen atoms in total. The molecule has 1 aliphatic heterocycles. The summed E-state index contributed by atoms with van der Waals surface area (Å²) in [5.41, 5.74) is 2.00. The zero-order valence-corrected chi connectivity index (χ0v) is 17.0. The number of nitrogens with zero attached hydrogens (tertiary/aromatic N) is 3. The van der Waals surface area contributed by atoms with Crippen LogP contribution in [0.25, 0.3) is 11.3 Å². The highest BCUT2D eigenvalue weighted by Crippen LogP contribution is 2.26. The van der Waals surface area contributed by atoms with Crippen molar-refractivity contribution in [1.29, 1.82) is 0 Å². The van der Waals surface area contributed by atoms with E-state index in [1.807, 2.05) is 18.2 Å². The maximum Gasteiger partial charge on any atom is 0.323 e. The number of anilines is 3. The van der Waals surface area contributed by atoms with E-state index in [0.717, 1.165) is 24.5 Å². The van der Waals surface area contributed by atoms with Gasteiger partial charge in [0.15, 0.2) is 5.82 Å². The minimum atomic E-state index is -0.601. The van der Waals surface area contributed by atoms with Crippen LogP contribution in [0.1, 0.15) is 19.3 Å². The van der Waals surface area contributed by atoms with Crippen LogP contribution in [-0.2, 0) is 0 Å². The van der Waals surface area contributed by atoms with Gasteiger partial charge in [-0.25, -0.2) is 9.18 Å². The van der Waals surface area contributed by atoms with Gasteiger partial charge in [-0.1, -0.05) is 29.8 Å². The predicted octanol–water partition coefficient (Wildman–Crippen LogP) is 5.57. The monoisotopic (exact) mass is 425 g/mol. The van der Waals surface area contributed by atoms with Gasteiger partial charge in [-0.15, -0.1) is 10.2 Å². The van der Waals surface area contributed by atoms with Crippen molar-refractivity contribution in [2.24, 2.45) is 0 Å². The molecule has 154 valence electrons. The second-order valence-electron chi connectivity index (χ2n) is 7.08. The van der Waals surface area contributed by atoms with Crippen LogP contribution in [0.4, 0.5) is 26.4 Å². The number of halogens is 2. The quantitative estimate of drug-likeness (QED) is 0.573. The van der Waals surface area contributed by atoms with Crippen LogP contribution in [0.2, 0.25) is 5.02 Å². The number of hydrogen-bond donors (Lipinski definition) is 2. The molecule has 0 spiro atoms. The summed E-state index contributed by atoms with van der Waals surface area (Å²) >= 11 is 5.95. The minimum absolute atomic E-state index is 0.0630. The number of carbonyl (C=O) groups excluding carboxylic acids is 1. The first-order valence-electron chi connectivity index (χ1n) is 9.81. The van der Waals surface area contributed by atoms with Gasteiger partial charge < -0.3 is 15.5 Å². The Bertz CT molecular complexity index is 1020. The maximum atomic E-state index is 13.9. The largest absolute Gasteiger partial charge is 0.355 e. The van der Waals surface area contributed by atoms with Gasteiger partial charge in [-0.05, 0) is 55.7 Å². The summed E-state index contributed by atoms with van der Waals surface area (Å²) in [5.74, 6) is 0.282. The second kappa shape index (κ2) is 9.09. The number of carbonyl (C=O) groups is 1. The number of hydrogen-bond acceptors (Lipinski definition) is 4. The Hall–Kier alpha value is -3.19. The molecular weight excluding hydrogens is 405 g/mol. The lowest BCUT2D eigenvalue weighted by Crippen LogP contribution is -2.30. The van der Waals surface area contributed by atoms with Crippen molar-refractivity contribution in [1.82, 2.24) is 10.2 Å². The molecule has 8 heteroatoms. The standard InChI is InChI=1S/C22H21ClFN5O/c23-17-8-5-9-18(24)21(17)26-22(30)25-16-7-4-6-15(14-16)19-10-11-20(28-27-19)29-12-2-1-3-13-29/h4-11,14H,1-3,12-13H2,(H2,25,26,30). The fraction of sp³-hybridized carbons (Fsp3) is 0.227. The molecule has 0 radical (unpaired) electrons. The third kappa shape index (κ3) is 4.68. The molecule has 0 saturated carbocycles. The average Bonchev–Trinajstić information content (AvgIpc) is 2.77. The minimum Gasteiger partial charge on any atom is -0.355 e. The molecule has 2 aromatic carbocycles. The Kier molecular flexibility index (Phi) is 6.09. The zero-order valence-electron chi connectivity index (χ0n) is 16.2. The molecular formula is C22H21ClFN5O. The first-order chi connectivity index (χ1) is 14.6. The summed E-state index contributed by atoms with van der Waals surface area (Å²) in [6, 6.07) is 14.7. The van der Waals surface area contributed by atoms with Crippen molar-refractivity contribution in [3.63, 3.8) is 0 Å². The van der Waals surface area contributed by atoms with Crippen LogP contribution < -0.4 is 15.5 Å². The molecule has 1 aromatic heterocycles. The molecule has 0 aliphatic carbocycles. The van der Waals surface area contributed by atoms with Gasteiger partial charge in [0.2, 0.25) is 0 Å². The van der Waals surface area contributed by atoms with Gasteiger partial charge in [0.1, 0.15) is 5.82 Å². The number of para-hydroxylation sites is 1. The van der Waals surface area contributed by atoms with Crippen LogP contribution in [-0.4, -0.2) is 29.3 Å². The normalized spacial score (nSPS) is 13.7. The first kappa shape index (κ1) is 20.1. The van der Waals surface area contributed by atoms with E-state index in [9.17, 15) is 9.18 Å². The lowest BCUT2D eigenvalue weighted by atomic mass is 10.1. The van der Waals surface area contributed by atoms with Crippen LogP contribution in [0.15, 0.2) is 54.6 Å². The molecule has 0 bridgehead atoms. The van der Waals surface area contributed by atoms with Crippen molar-refractivity contribution < 1.29 is 9.18 Å². The fourth-order valence-electron chi connectivity index (χ4n) is 3.42. The van der Waals surface area contributed by atoms with Crippen molar-refractivity contribution >= 4 is 34.8 Å². The van der Waals surface area contributed by atoms with Crippen LogP contribution in [0, 0.1) is 5.82 Å². The third-order valence-electron chi connectivity index (χ3n) is 4.95. The molecule has 2 heterocycles. The summed E-state index contributed by atoms with van der Waals surface area (Å²) in [4.78, 5) is 14.5. The summed E-state index contributed by atoms with van der Waals surface area (Å²) in [6.07, 6.45) is 3.62. The maximum absolute atomic E-state index is 13.9. The Morgan fingerprint density at radius 1 is 0.967 bits per heavy atom. The van der Waals surface area contributed by atoms with Crippen molar-refractivity contribution in [2.75, 3.05) is 28.6 Å². The Morgan fingerprint density at radius 3 is 2.50 bits per heavy atom. The van der Waals surface area contributed by atoms with Gasteiger partial charge in [0, 0.05) is 24.3 Å². The Balaban J connectivity index is 1.45. The van der Waals surface area contributed by atoms with E-state index in [0.29, 0.717) is 11.4 Å². The first-order valence-corrected chi connectivity index (χ1v) is 10.2. The van der Waals surface area contributed by atoms with E-state index in [2.05, 4.69) is 25.7 Å². The van der Waals surface area contributed by atoms with Crippen LogP contribution >= 0.6 is 11.6 Å². The summed E-state index contributed by atoms with van der Waals surface area (Å²) in [5, 5.41) is 14.0. The average molecular weight is 426 g/mol. The van der Waals surface area contributed by atoms with Crippen molar-refractivity contribution in [3.05, 3.63) is 65.4 Å². The number of rotatable bonds is 4. The van der Waals surface area contributed by atoms with E-state index in [1.54, 1.807) is 18.2 Å². The fourth-order valence-corrected chi connectivity index (χ4v) is 3.63. The molecule has 0 unspecified atom stereocenters. The SMILES string of the molecule is O=C(Nc1cccc(-c2ccc(N3CCCCC3)nn2)c1)Nc1c(F)cccc1Cl. The zero-order chi connectivity index (χ0) is 20.9. The predicted molar refractivity (Wildman–Crippen MR) is 118 cm³/mol. The third-order valence-corrected chi connectivity index (χ3v) is 5.26. The van der Waals surface area contributed by atoms with E-state index in [4.69, 9.17) is 11.6 Å². The van der Waals surface area contributed by atoms with Gasteiger partial charge in [0.25, 0.3) is 0 Å². The van der Waals surface area contributed by atoms with E-state index >= 15 is 0 Å². The molecule has 2 amide bonds. The topological polar surface area (TPSA) is 70.2 Å². The van der Waals surface area contributed by atoms with Gasteiger partial charge in [-0.2, -0.15) is 0 Å². The smallest absolute Gasteiger partial charge is 0.323 e. The van der Waals surface area contributed by atoms with Gasteiger partial charge >= 0.3 is 6.03 Å². The Morgan fingerprint density at radius 2 is 1.77 bits per heavy atom. The number of benzene rings is 2. The van der Waals surface area contributed by atoms with E-state index in [-0.39, 0.29) is 10.7 Å². The molecule has 3 aromatic rings. The highest BCUT2D eigenvalue weighted by atomic mass is 35.5. The highest BCUT2D eigenvalue weighted by Gasteiger charge is 2.14. The molecule has 1 fully saturated rings. The van der Waals surface area contributed by atoms with E-state index in [1.165, 1.54) is 37.5 Å². The van der Waals surface area contributed by atoms with Crippen LogP contribution in [0.5, 0.6) is 0 Å². The molecule has 4 rings (SSSR count). The highest BCUT2D eigenvalue weighted by molar-refractivity contribution is 6.33. The number of amides is 2. The number of urea groups is 1. The summed E-state index contributed by atoms with van der Waals surface area (Å²) < 4.78 is 13.9. The van der Waals surface area contributed by atoms with Crippen molar-refractivity contribution in [3.8, 4) is 11.3 Å². The molecule has 30 heavy (non-hydrogen) atoms. The van der Waals surface area contributed by atoms with Crippen molar-refractivity contribution in [2.45, 2.75) is 19.3 Å². The summed E-state index contributed by atoms with van der Waals surface area (Å²) in [6.45, 7) is 2.02. The Labute approximate surface area is 179 Å². The molecule has 0 atom stereocenters. The number of nitrogens with one attached hydrogen (secondary N) is 2. The molecule has 2 N–H and O–H groups in total. The lowest BCUT2D eigenvalue weighted by molar-refractivity contribution is 0.262. The second-order valence-corrected chi connectivity index (χ2v) is 7.49. The van der Waals surface area contributed by atoms with Crippen LogP contribution in [0.3, 0.4) is 0 Å². The van der Waals surface area contributed by atoms with Gasteiger partial charge in [-0.3, -0.25) is 0 Å². The molecule has 1 saturated heterocycles. The summed E-state index contributed by atoms with van der Waals surface area (Å²) in [7, 11) is 0. The van der Waals surface area contributed by atoms with E-state index < -0.39 is 11.8 Å². The lowest BCUT2D eigenvalue weighted by Gasteiger charge is -2.27. The number of aromatic nitrogens is 2.